The van der Waals surface area contributed by atoms with E-state index in [1.54, 1.807) is 6.07 Å². The molecule has 0 bridgehead atoms. The number of nitrogens with zero attached hydrogens (tertiary/aromatic N) is 2. The van der Waals surface area contributed by atoms with Gasteiger partial charge in [0, 0.05) is 13.1 Å². The molecule has 0 unspecified atom stereocenters. The summed E-state index contributed by atoms with van der Waals surface area (Å²) in [5.74, 6) is 0. The molecular weight excluding hydrogens is 292 g/mol. The van der Waals surface area contributed by atoms with Gasteiger partial charge in [0.1, 0.15) is 5.69 Å². The number of sulfonamides is 1. The van der Waals surface area contributed by atoms with Gasteiger partial charge in [-0.25, -0.2) is 8.42 Å². The van der Waals surface area contributed by atoms with Gasteiger partial charge in [-0.05, 0) is 17.2 Å². The zero-order chi connectivity index (χ0) is 15.6. The Hall–Kier alpha value is -2.41. The molecule has 0 radical (unpaired) electrons. The average Bonchev–Trinajstić information content (AvgIpc) is 2.45. The number of hydrogen-bond acceptors (Lipinski definition) is 4. The maximum Gasteiger partial charge on any atom is 0.294 e. The molecule has 0 N–H and O–H groups in total. The third-order valence-electron chi connectivity index (χ3n) is 3.12. The third-order valence-corrected chi connectivity index (χ3v) is 4.31. The van der Waals surface area contributed by atoms with Crippen LogP contribution in [0.1, 0.15) is 0 Å². The molecule has 2 aromatic carbocycles. The largest absolute Gasteiger partial charge is 0.294 e. The standard InChI is InChI=1S/C14H14N2O4S/c1-15(21(2,19)20)13-9-8-12(10-14(13)16(17)18)11-6-4-3-5-7-11/h3-10H,1-2H3. The highest BCUT2D eigenvalue weighted by Crippen LogP contribution is 2.33. The molecule has 0 saturated carbocycles. The maximum atomic E-state index is 11.6. The Morgan fingerprint density at radius 1 is 1.05 bits per heavy atom. The van der Waals surface area contributed by atoms with E-state index in [0.29, 0.717) is 5.56 Å². The van der Waals surface area contributed by atoms with Crippen molar-refractivity contribution in [3.63, 3.8) is 0 Å². The summed E-state index contributed by atoms with van der Waals surface area (Å²) in [6.45, 7) is 0. The van der Waals surface area contributed by atoms with E-state index in [0.717, 1.165) is 16.1 Å². The Morgan fingerprint density at radius 2 is 1.67 bits per heavy atom. The molecule has 0 aliphatic rings. The van der Waals surface area contributed by atoms with Crippen LogP contribution in [0.4, 0.5) is 11.4 Å². The Morgan fingerprint density at radius 3 is 2.19 bits per heavy atom. The van der Waals surface area contributed by atoms with E-state index >= 15 is 0 Å². The highest BCUT2D eigenvalue weighted by Gasteiger charge is 2.23. The summed E-state index contributed by atoms with van der Waals surface area (Å²) in [7, 11) is -2.27. The van der Waals surface area contributed by atoms with Crippen molar-refractivity contribution < 1.29 is 13.3 Å². The molecule has 0 spiro atoms. The van der Waals surface area contributed by atoms with Crippen LogP contribution in [0, 0.1) is 10.1 Å². The highest BCUT2D eigenvalue weighted by molar-refractivity contribution is 7.92. The molecule has 0 amide bonds. The van der Waals surface area contributed by atoms with E-state index in [2.05, 4.69) is 0 Å². The van der Waals surface area contributed by atoms with Gasteiger partial charge in [0.2, 0.25) is 10.0 Å². The van der Waals surface area contributed by atoms with Crippen LogP contribution in [0.3, 0.4) is 0 Å². The van der Waals surface area contributed by atoms with Gasteiger partial charge in [-0.1, -0.05) is 36.4 Å². The third kappa shape index (κ3) is 3.19. The Balaban J connectivity index is 2.58. The van der Waals surface area contributed by atoms with E-state index in [9.17, 15) is 18.5 Å². The van der Waals surface area contributed by atoms with E-state index in [4.69, 9.17) is 0 Å². The molecule has 0 atom stereocenters. The molecule has 2 rings (SSSR count). The second-order valence-electron chi connectivity index (χ2n) is 4.56. The van der Waals surface area contributed by atoms with Crippen molar-refractivity contribution in [3.8, 4) is 11.1 Å². The van der Waals surface area contributed by atoms with Crippen LogP contribution < -0.4 is 4.31 Å². The summed E-state index contributed by atoms with van der Waals surface area (Å²) >= 11 is 0. The number of nitro groups is 1. The van der Waals surface area contributed by atoms with Crippen molar-refractivity contribution in [2.75, 3.05) is 17.6 Å². The van der Waals surface area contributed by atoms with Crippen LogP contribution in [-0.2, 0) is 10.0 Å². The lowest BCUT2D eigenvalue weighted by Crippen LogP contribution is -2.25. The molecular formula is C14H14N2O4S. The fourth-order valence-electron chi connectivity index (χ4n) is 1.92. The summed E-state index contributed by atoms with van der Waals surface area (Å²) in [6.07, 6.45) is 1.00. The molecule has 21 heavy (non-hydrogen) atoms. The molecule has 6 nitrogen and oxygen atoms in total. The van der Waals surface area contributed by atoms with Crippen molar-refractivity contribution in [1.82, 2.24) is 0 Å². The monoisotopic (exact) mass is 306 g/mol. The SMILES string of the molecule is CN(c1ccc(-c2ccccc2)cc1[N+](=O)[O-])S(C)(=O)=O. The summed E-state index contributed by atoms with van der Waals surface area (Å²) < 4.78 is 24.0. The molecule has 0 saturated heterocycles. The van der Waals surface area contributed by atoms with E-state index in [1.165, 1.54) is 19.2 Å². The summed E-state index contributed by atoms with van der Waals surface area (Å²) in [6, 6.07) is 13.7. The molecule has 0 aliphatic heterocycles. The number of rotatable bonds is 4. The second kappa shape index (κ2) is 5.53. The van der Waals surface area contributed by atoms with Crippen LogP contribution in [-0.4, -0.2) is 26.6 Å². The lowest BCUT2D eigenvalue weighted by Gasteiger charge is -2.17. The number of anilines is 1. The molecule has 110 valence electrons. The predicted octanol–water partition coefficient (Wildman–Crippen LogP) is 2.66. The van der Waals surface area contributed by atoms with Crippen molar-refractivity contribution >= 4 is 21.4 Å². The van der Waals surface area contributed by atoms with Gasteiger partial charge >= 0.3 is 0 Å². The van der Waals surface area contributed by atoms with Crippen molar-refractivity contribution in [3.05, 3.63) is 58.6 Å². The zero-order valence-corrected chi connectivity index (χ0v) is 12.4. The highest BCUT2D eigenvalue weighted by atomic mass is 32.2. The zero-order valence-electron chi connectivity index (χ0n) is 11.6. The first kappa shape index (κ1) is 15.0. The minimum absolute atomic E-state index is 0.0437. The molecule has 0 aliphatic carbocycles. The lowest BCUT2D eigenvalue weighted by atomic mass is 10.0. The average molecular weight is 306 g/mol. The Labute approximate surface area is 122 Å². The molecule has 0 heterocycles. The first-order chi connectivity index (χ1) is 9.80. The minimum atomic E-state index is -3.56. The fraction of sp³-hybridized carbons (Fsp3) is 0.143. The Bertz CT molecular complexity index is 773. The smallest absolute Gasteiger partial charge is 0.267 e. The van der Waals surface area contributed by atoms with Crippen LogP contribution in [0.25, 0.3) is 11.1 Å². The van der Waals surface area contributed by atoms with E-state index < -0.39 is 14.9 Å². The van der Waals surface area contributed by atoms with Gasteiger partial charge in [-0.3, -0.25) is 14.4 Å². The van der Waals surface area contributed by atoms with E-state index in [1.807, 2.05) is 30.3 Å². The van der Waals surface area contributed by atoms with E-state index in [-0.39, 0.29) is 11.4 Å². The summed E-state index contributed by atoms with van der Waals surface area (Å²) in [5.41, 5.74) is 1.29. The minimum Gasteiger partial charge on any atom is -0.267 e. The first-order valence-corrected chi connectivity index (χ1v) is 7.93. The number of hydrogen-bond donors (Lipinski definition) is 0. The predicted molar refractivity (Wildman–Crippen MR) is 81.8 cm³/mol. The molecule has 0 fully saturated rings. The normalized spacial score (nSPS) is 11.1. The van der Waals surface area contributed by atoms with Crippen molar-refractivity contribution in [1.29, 1.82) is 0 Å². The van der Waals surface area contributed by atoms with Crippen LogP contribution in [0.5, 0.6) is 0 Å². The van der Waals surface area contributed by atoms with Crippen LogP contribution >= 0.6 is 0 Å². The van der Waals surface area contributed by atoms with Gasteiger partial charge in [0.25, 0.3) is 5.69 Å². The van der Waals surface area contributed by atoms with Crippen molar-refractivity contribution in [2.24, 2.45) is 0 Å². The molecule has 2 aromatic rings. The fourth-order valence-corrected chi connectivity index (χ4v) is 2.44. The maximum absolute atomic E-state index is 11.6. The van der Waals surface area contributed by atoms with Gasteiger partial charge in [-0.15, -0.1) is 0 Å². The molecule has 7 heteroatoms. The van der Waals surface area contributed by atoms with Gasteiger partial charge < -0.3 is 0 Å². The van der Waals surface area contributed by atoms with Crippen molar-refractivity contribution in [2.45, 2.75) is 0 Å². The number of nitro benzene ring substituents is 1. The lowest BCUT2D eigenvalue weighted by molar-refractivity contribution is -0.384. The van der Waals surface area contributed by atoms with Crippen LogP contribution in [0.15, 0.2) is 48.5 Å². The summed E-state index contributed by atoms with van der Waals surface area (Å²) in [5, 5.41) is 11.2. The Kier molecular flexibility index (Phi) is 3.95. The van der Waals surface area contributed by atoms with Gasteiger partial charge in [0.05, 0.1) is 11.2 Å². The second-order valence-corrected chi connectivity index (χ2v) is 6.57. The molecule has 0 aromatic heterocycles. The van der Waals surface area contributed by atoms with Gasteiger partial charge in [0.15, 0.2) is 0 Å². The number of benzene rings is 2. The van der Waals surface area contributed by atoms with Gasteiger partial charge in [-0.2, -0.15) is 0 Å². The van der Waals surface area contributed by atoms with Crippen LogP contribution in [0.2, 0.25) is 0 Å². The topological polar surface area (TPSA) is 80.5 Å². The first-order valence-electron chi connectivity index (χ1n) is 6.08. The quantitative estimate of drug-likeness (QED) is 0.642. The summed E-state index contributed by atoms with van der Waals surface area (Å²) in [4.78, 5) is 10.6.